The number of aliphatic hydroxyl groups excluding tert-OH is 1. The Morgan fingerprint density at radius 1 is 1.21 bits per heavy atom. The summed E-state index contributed by atoms with van der Waals surface area (Å²) >= 11 is 0. The Bertz CT molecular complexity index is 284. The maximum absolute atomic E-state index is 10.2. The van der Waals surface area contributed by atoms with Crippen molar-refractivity contribution in [3.63, 3.8) is 0 Å². The van der Waals surface area contributed by atoms with Crippen molar-refractivity contribution in [1.82, 2.24) is 5.32 Å². The molecule has 0 aliphatic heterocycles. The van der Waals surface area contributed by atoms with E-state index >= 15 is 0 Å². The first-order chi connectivity index (χ1) is 9.11. The average molecular weight is 269 g/mol. The normalized spacial score (nSPS) is 43.6. The smallest absolute Gasteiger partial charge is 0.0693 e. The molecule has 2 fully saturated rings. The Labute approximate surface area is 118 Å². The third-order valence-electron chi connectivity index (χ3n) is 5.51. The summed E-state index contributed by atoms with van der Waals surface area (Å²) < 4.78 is 5.85. The Morgan fingerprint density at radius 2 is 1.95 bits per heavy atom. The first-order valence-electron chi connectivity index (χ1n) is 8.17. The molecule has 0 aromatic rings. The fourth-order valence-corrected chi connectivity index (χ4v) is 3.75. The van der Waals surface area contributed by atoms with Gasteiger partial charge < -0.3 is 15.2 Å². The van der Waals surface area contributed by atoms with Crippen LogP contribution < -0.4 is 5.32 Å². The standard InChI is InChI=1S/C16H31NO2/c1-4-16(3)14(11-15(16)19-5-2)17-12-9-7-6-8-10-13(12)18/h12-15,17-18H,4-11H2,1-3H3. The molecule has 0 bridgehead atoms. The summed E-state index contributed by atoms with van der Waals surface area (Å²) in [5.41, 5.74) is 0.238. The highest BCUT2D eigenvalue weighted by Gasteiger charge is 2.51. The number of aliphatic hydroxyl groups is 1. The van der Waals surface area contributed by atoms with Gasteiger partial charge in [0.15, 0.2) is 0 Å². The van der Waals surface area contributed by atoms with Crippen molar-refractivity contribution in [1.29, 1.82) is 0 Å². The number of ether oxygens (including phenoxy) is 1. The number of nitrogens with one attached hydrogen (secondary N) is 1. The van der Waals surface area contributed by atoms with E-state index in [2.05, 4.69) is 26.1 Å². The monoisotopic (exact) mass is 269 g/mol. The Balaban J connectivity index is 1.91. The minimum Gasteiger partial charge on any atom is -0.392 e. The summed E-state index contributed by atoms with van der Waals surface area (Å²) in [5.74, 6) is 0. The second-order valence-corrected chi connectivity index (χ2v) is 6.57. The van der Waals surface area contributed by atoms with Gasteiger partial charge in [0.25, 0.3) is 0 Å². The average Bonchev–Trinajstić information content (AvgIpc) is 2.61. The van der Waals surface area contributed by atoms with E-state index in [1.807, 2.05) is 0 Å². The molecule has 5 unspecified atom stereocenters. The molecule has 2 rings (SSSR count). The fraction of sp³-hybridized carbons (Fsp3) is 1.00. The SMILES string of the molecule is CCOC1CC(NC2CCCCCC2O)C1(C)CC. The topological polar surface area (TPSA) is 41.5 Å². The molecule has 0 amide bonds. The van der Waals surface area contributed by atoms with E-state index in [0.717, 1.165) is 32.3 Å². The Morgan fingerprint density at radius 3 is 2.63 bits per heavy atom. The second kappa shape index (κ2) is 6.55. The van der Waals surface area contributed by atoms with Crippen LogP contribution in [0.5, 0.6) is 0 Å². The quantitative estimate of drug-likeness (QED) is 0.754. The van der Waals surface area contributed by atoms with Crippen LogP contribution in [0, 0.1) is 5.41 Å². The van der Waals surface area contributed by atoms with Gasteiger partial charge in [-0.25, -0.2) is 0 Å². The highest BCUT2D eigenvalue weighted by Crippen LogP contribution is 2.46. The van der Waals surface area contributed by atoms with Crippen LogP contribution in [0.3, 0.4) is 0 Å². The maximum Gasteiger partial charge on any atom is 0.0693 e. The molecule has 0 aromatic carbocycles. The highest BCUT2D eigenvalue weighted by atomic mass is 16.5. The molecule has 2 saturated carbocycles. The molecule has 3 nitrogen and oxygen atoms in total. The van der Waals surface area contributed by atoms with E-state index in [4.69, 9.17) is 4.74 Å². The lowest BCUT2D eigenvalue weighted by molar-refractivity contribution is -0.130. The molecule has 0 spiro atoms. The summed E-state index contributed by atoms with van der Waals surface area (Å²) in [4.78, 5) is 0. The summed E-state index contributed by atoms with van der Waals surface area (Å²) in [5, 5.41) is 14.0. The molecule has 2 N–H and O–H groups in total. The van der Waals surface area contributed by atoms with E-state index < -0.39 is 0 Å². The molecular weight excluding hydrogens is 238 g/mol. The molecular formula is C16H31NO2. The predicted molar refractivity (Wildman–Crippen MR) is 78.2 cm³/mol. The van der Waals surface area contributed by atoms with E-state index in [1.165, 1.54) is 19.3 Å². The first-order valence-corrected chi connectivity index (χ1v) is 8.17. The van der Waals surface area contributed by atoms with Crippen molar-refractivity contribution in [3.05, 3.63) is 0 Å². The highest BCUT2D eigenvalue weighted by molar-refractivity contribution is 5.06. The van der Waals surface area contributed by atoms with Crippen LogP contribution in [0.4, 0.5) is 0 Å². The molecule has 112 valence electrons. The molecule has 2 aliphatic carbocycles. The summed E-state index contributed by atoms with van der Waals surface area (Å²) in [6.45, 7) is 7.46. The molecule has 2 aliphatic rings. The number of hydrogen-bond donors (Lipinski definition) is 2. The van der Waals surface area contributed by atoms with Gasteiger partial charge in [-0.3, -0.25) is 0 Å². The molecule has 0 heterocycles. The van der Waals surface area contributed by atoms with Gasteiger partial charge in [-0.15, -0.1) is 0 Å². The lowest BCUT2D eigenvalue weighted by Crippen LogP contribution is -2.65. The van der Waals surface area contributed by atoms with Crippen molar-refractivity contribution in [2.24, 2.45) is 5.41 Å². The van der Waals surface area contributed by atoms with E-state index in [9.17, 15) is 5.11 Å². The summed E-state index contributed by atoms with van der Waals surface area (Å²) in [6.07, 6.45) is 8.25. The van der Waals surface area contributed by atoms with Crippen molar-refractivity contribution in [2.45, 2.75) is 90.0 Å². The summed E-state index contributed by atoms with van der Waals surface area (Å²) in [6, 6.07) is 0.799. The molecule has 0 aromatic heterocycles. The molecule has 5 atom stereocenters. The number of hydrogen-bond acceptors (Lipinski definition) is 3. The third kappa shape index (κ3) is 3.14. The Hall–Kier alpha value is -0.120. The van der Waals surface area contributed by atoms with Gasteiger partial charge in [0, 0.05) is 24.1 Å². The summed E-state index contributed by atoms with van der Waals surface area (Å²) in [7, 11) is 0. The van der Waals surface area contributed by atoms with Gasteiger partial charge >= 0.3 is 0 Å². The van der Waals surface area contributed by atoms with Gasteiger partial charge in [-0.2, -0.15) is 0 Å². The first kappa shape index (κ1) is 15.3. The molecule has 0 radical (unpaired) electrons. The van der Waals surface area contributed by atoms with Crippen molar-refractivity contribution < 1.29 is 9.84 Å². The van der Waals surface area contributed by atoms with E-state index in [-0.39, 0.29) is 11.5 Å². The van der Waals surface area contributed by atoms with Crippen LogP contribution in [0.25, 0.3) is 0 Å². The van der Waals surface area contributed by atoms with Crippen molar-refractivity contribution in [3.8, 4) is 0 Å². The van der Waals surface area contributed by atoms with Gasteiger partial charge in [-0.05, 0) is 32.6 Å². The van der Waals surface area contributed by atoms with Crippen molar-refractivity contribution in [2.75, 3.05) is 6.61 Å². The van der Waals surface area contributed by atoms with Gasteiger partial charge in [0.2, 0.25) is 0 Å². The maximum atomic E-state index is 10.2. The van der Waals surface area contributed by atoms with Crippen LogP contribution >= 0.6 is 0 Å². The molecule has 0 saturated heterocycles. The van der Waals surface area contributed by atoms with E-state index in [0.29, 0.717) is 18.2 Å². The van der Waals surface area contributed by atoms with Crippen LogP contribution in [0.1, 0.15) is 65.7 Å². The zero-order valence-electron chi connectivity index (χ0n) is 12.8. The van der Waals surface area contributed by atoms with Crippen LogP contribution in [0.2, 0.25) is 0 Å². The minimum atomic E-state index is -0.158. The van der Waals surface area contributed by atoms with Gasteiger partial charge in [-0.1, -0.05) is 33.1 Å². The predicted octanol–water partition coefficient (Wildman–Crippen LogP) is 2.86. The van der Waals surface area contributed by atoms with Crippen LogP contribution in [-0.2, 0) is 4.74 Å². The third-order valence-corrected chi connectivity index (χ3v) is 5.51. The number of rotatable bonds is 5. The van der Waals surface area contributed by atoms with Crippen molar-refractivity contribution >= 4 is 0 Å². The van der Waals surface area contributed by atoms with Gasteiger partial charge in [0.1, 0.15) is 0 Å². The van der Waals surface area contributed by atoms with Crippen LogP contribution in [-0.4, -0.2) is 36.0 Å². The minimum absolute atomic E-state index is 0.158. The van der Waals surface area contributed by atoms with E-state index in [1.54, 1.807) is 0 Å². The fourth-order valence-electron chi connectivity index (χ4n) is 3.75. The Kier molecular flexibility index (Phi) is 5.27. The van der Waals surface area contributed by atoms with Gasteiger partial charge in [0.05, 0.1) is 12.2 Å². The zero-order valence-corrected chi connectivity index (χ0v) is 12.8. The van der Waals surface area contributed by atoms with Crippen LogP contribution in [0.15, 0.2) is 0 Å². The molecule has 3 heteroatoms. The zero-order chi connectivity index (χ0) is 13.9. The second-order valence-electron chi connectivity index (χ2n) is 6.57. The largest absolute Gasteiger partial charge is 0.392 e. The lowest BCUT2D eigenvalue weighted by atomic mass is 9.61. The molecule has 19 heavy (non-hydrogen) atoms. The lowest BCUT2D eigenvalue weighted by Gasteiger charge is -2.55.